The van der Waals surface area contributed by atoms with Crippen LogP contribution >= 0.6 is 7.56 Å². The Hall–Kier alpha value is 1.99. The van der Waals surface area contributed by atoms with Crippen LogP contribution < -0.4 is 0 Å². The van der Waals surface area contributed by atoms with Crippen molar-refractivity contribution >= 4 is 73.3 Å². The molecule has 0 rings (SSSR count). The third-order valence-electron chi connectivity index (χ3n) is 0. The number of rotatable bonds is 0. The van der Waals surface area contributed by atoms with Crippen LogP contribution in [0.3, 0.4) is 0 Å². The van der Waals surface area contributed by atoms with Crippen molar-refractivity contribution in [3.05, 3.63) is 0 Å². The zero-order valence-electron chi connectivity index (χ0n) is 2.68. The van der Waals surface area contributed by atoms with Crippen LogP contribution in [0.25, 0.3) is 0 Å². The Bertz CT molecular complexity index is 59.7. The molecule has 0 radical (unpaired) electrons. The van der Waals surface area contributed by atoms with Crippen LogP contribution in [0.4, 0.5) is 4.20 Å². The Morgan fingerprint density at radius 2 is 1.83 bits per heavy atom. The van der Waals surface area contributed by atoms with Crippen LogP contribution in [0.5, 0.6) is 0 Å². The van der Waals surface area contributed by atoms with Gasteiger partial charge in [0.15, 0.2) is 0 Å². The molecule has 0 aliphatic rings. The van der Waals surface area contributed by atoms with Crippen molar-refractivity contribution < 1.29 is 13.7 Å². The molecule has 0 aromatic carbocycles. The fourth-order valence-corrected chi connectivity index (χ4v) is 0. The maximum absolute atomic E-state index is 10.8. The van der Waals surface area contributed by atoms with Crippen LogP contribution in [-0.2, 0) is 4.57 Å². The molecule has 0 saturated carbocycles. The molecule has 0 amide bonds. The van der Waals surface area contributed by atoms with Gasteiger partial charge in [-0.05, 0) is 0 Å². The predicted octanol–water partition coefficient (Wildman–Crippen LogP) is -0.959. The maximum atomic E-state index is 10.8. The van der Waals surface area contributed by atoms with Crippen molar-refractivity contribution in [3.8, 4) is 0 Å². The third kappa shape index (κ3) is 37.7. The van der Waals surface area contributed by atoms with Crippen molar-refractivity contribution in [1.29, 1.82) is 0 Å². The molecule has 0 bridgehead atoms. The van der Waals surface area contributed by atoms with Gasteiger partial charge in [-0.2, -0.15) is 4.20 Å². The van der Waals surface area contributed by atoms with E-state index in [-0.39, 0.29) is 58.2 Å². The molecule has 32 valence electrons. The molecule has 0 saturated heterocycles. The fourth-order valence-electron chi connectivity index (χ4n) is 0. The summed E-state index contributed by atoms with van der Waals surface area (Å²) in [4.78, 5) is 7.41. The number of hydrogen-bond donors (Lipinski definition) is 1. The summed E-state index contributed by atoms with van der Waals surface area (Å²) in [6, 6.07) is 0. The molecule has 0 aliphatic carbocycles. The van der Waals surface area contributed by atoms with Crippen LogP contribution in [0, 0.1) is 0 Å². The first kappa shape index (κ1) is 10.9. The summed E-state index contributed by atoms with van der Waals surface area (Å²) >= 11 is 0. The minimum atomic E-state index is -4.14. The molecule has 0 spiro atoms. The standard InChI is InChI=1S/BFH3O2P.Rb.H/c1-5(2,3)4;;/h1H2,(H,3,4);;. The first-order valence-electron chi connectivity index (χ1n) is 0.999. The molecule has 0 aliphatic heterocycles. The first-order chi connectivity index (χ1) is 2.00. The van der Waals surface area contributed by atoms with E-state index in [0.29, 0.717) is 7.57 Å². The van der Waals surface area contributed by atoms with Gasteiger partial charge in [0.1, 0.15) is 0 Å². The second-order valence-electron chi connectivity index (χ2n) is 0.778. The van der Waals surface area contributed by atoms with E-state index in [1.807, 2.05) is 0 Å². The number of halogens is 1. The minimum absolute atomic E-state index is 0. The molecule has 1 N–H and O–H groups in total. The van der Waals surface area contributed by atoms with Gasteiger partial charge in [-0.3, -0.25) is 4.57 Å². The monoisotopic (exact) mass is 182 g/mol. The van der Waals surface area contributed by atoms with E-state index in [1.54, 1.807) is 0 Å². The molecule has 0 heterocycles. The predicted molar refractivity (Wildman–Crippen MR) is 26.6 cm³/mol. The Labute approximate surface area is 85.2 Å². The Morgan fingerprint density at radius 1 is 1.83 bits per heavy atom. The molecule has 0 aromatic heterocycles. The molecular formula is H4BFO2PRb. The van der Waals surface area contributed by atoms with Gasteiger partial charge < -0.3 is 4.89 Å². The van der Waals surface area contributed by atoms with Gasteiger partial charge in [0.05, 0.1) is 0 Å². The molecule has 6 heteroatoms. The van der Waals surface area contributed by atoms with Gasteiger partial charge in [0, 0.05) is 0 Å². The second-order valence-corrected chi connectivity index (χ2v) is 2.33. The van der Waals surface area contributed by atoms with Gasteiger partial charge in [0.2, 0.25) is 0 Å². The van der Waals surface area contributed by atoms with Crippen LogP contribution in [0.2, 0.25) is 0 Å². The third-order valence-corrected chi connectivity index (χ3v) is 0. The van der Waals surface area contributed by atoms with Gasteiger partial charge in [-0.1, -0.05) is 0 Å². The molecule has 1 atom stereocenters. The quantitative estimate of drug-likeness (QED) is 0.387. The Kier molecular flexibility index (Phi) is 7.12. The van der Waals surface area contributed by atoms with E-state index in [4.69, 9.17) is 9.46 Å². The Morgan fingerprint density at radius 3 is 1.83 bits per heavy atom. The molecule has 0 fully saturated rings. The first-order valence-corrected chi connectivity index (χ1v) is 3.00. The summed E-state index contributed by atoms with van der Waals surface area (Å²) in [5.41, 5.74) is 0. The average molecular weight is 182 g/mol. The summed E-state index contributed by atoms with van der Waals surface area (Å²) in [5, 5.41) is 0. The van der Waals surface area contributed by atoms with E-state index < -0.39 is 7.56 Å². The number of hydrogen-bond acceptors (Lipinski definition) is 1. The summed E-state index contributed by atoms with van der Waals surface area (Å²) in [6.45, 7) is 0. The van der Waals surface area contributed by atoms with Gasteiger partial charge in [-0.15, -0.1) is 0 Å². The zero-order chi connectivity index (χ0) is 4.50. The van der Waals surface area contributed by atoms with Gasteiger partial charge in [0.25, 0.3) is 7.57 Å². The topological polar surface area (TPSA) is 37.3 Å². The normalized spacial score (nSPS) is 17.7. The van der Waals surface area contributed by atoms with E-state index in [0.717, 1.165) is 0 Å². The summed E-state index contributed by atoms with van der Waals surface area (Å²) < 4.78 is 19.9. The molecule has 0 aromatic rings. The van der Waals surface area contributed by atoms with Crippen LogP contribution in [0.1, 0.15) is 0 Å². The van der Waals surface area contributed by atoms with Crippen molar-refractivity contribution in [3.63, 3.8) is 0 Å². The van der Waals surface area contributed by atoms with Gasteiger partial charge >= 0.3 is 65.7 Å². The molecule has 6 heavy (non-hydrogen) atoms. The second kappa shape index (κ2) is 3.93. The van der Waals surface area contributed by atoms with Crippen molar-refractivity contribution in [2.75, 3.05) is 0 Å². The molecule has 2 nitrogen and oxygen atoms in total. The fraction of sp³-hybridized carbons (Fsp3) is 0. The summed E-state index contributed by atoms with van der Waals surface area (Å²) in [6.07, 6.45) is 0. The summed E-state index contributed by atoms with van der Waals surface area (Å²) in [5.74, 6) is 0. The van der Waals surface area contributed by atoms with Crippen LogP contribution in [-0.4, -0.2) is 70.6 Å². The average Bonchev–Trinajstić information content (AvgIpc) is 0.722. The SMILES string of the molecule is BP(=O)(O)F.[RbH]. The van der Waals surface area contributed by atoms with Crippen molar-refractivity contribution in [2.45, 2.75) is 0 Å². The van der Waals surface area contributed by atoms with E-state index in [9.17, 15) is 4.20 Å². The van der Waals surface area contributed by atoms with E-state index >= 15 is 0 Å². The van der Waals surface area contributed by atoms with Gasteiger partial charge in [-0.25, -0.2) is 0 Å². The van der Waals surface area contributed by atoms with E-state index in [2.05, 4.69) is 0 Å². The van der Waals surface area contributed by atoms with Crippen LogP contribution in [0.15, 0.2) is 0 Å². The summed E-state index contributed by atoms with van der Waals surface area (Å²) in [7, 11) is -3.51. The van der Waals surface area contributed by atoms with Crippen molar-refractivity contribution in [1.82, 2.24) is 0 Å². The molecule has 1 unspecified atom stereocenters. The Balaban J connectivity index is 0. The van der Waals surface area contributed by atoms with E-state index in [1.165, 1.54) is 0 Å². The zero-order valence-corrected chi connectivity index (χ0v) is 3.58. The molecular weight excluding hydrogens is 178 g/mol. The van der Waals surface area contributed by atoms with Crippen molar-refractivity contribution in [2.24, 2.45) is 0 Å².